The monoisotopic (exact) mass is 408 g/mol. The average molecular weight is 409 g/mol. The molecule has 0 N–H and O–H groups in total. The van der Waals surface area contributed by atoms with Crippen LogP contribution in [0, 0.1) is 0 Å². The molecule has 2 heterocycles. The number of imide groups is 1. The van der Waals surface area contributed by atoms with Gasteiger partial charge in [-0.15, -0.1) is 5.06 Å². The first-order chi connectivity index (χ1) is 12.8. The van der Waals surface area contributed by atoms with E-state index >= 15 is 0 Å². The van der Waals surface area contributed by atoms with Gasteiger partial charge in [-0.05, 0) is 50.6 Å². The molecule has 1 aromatic heterocycles. The van der Waals surface area contributed by atoms with Gasteiger partial charge in [-0.25, -0.2) is 9.78 Å². The molecule has 0 bridgehead atoms. The van der Waals surface area contributed by atoms with Gasteiger partial charge in [-0.2, -0.15) is 0 Å². The molecule has 146 valence electrons. The molecule has 1 saturated heterocycles. The average Bonchev–Trinajstić information content (AvgIpc) is 2.98. The lowest BCUT2D eigenvalue weighted by Gasteiger charge is -2.11. The molecule has 0 spiro atoms. The van der Waals surface area contributed by atoms with E-state index in [4.69, 9.17) is 0 Å². The van der Waals surface area contributed by atoms with Gasteiger partial charge in [0, 0.05) is 29.9 Å². The number of nitrogens with zero attached hydrogens (tertiary/aromatic N) is 2. The molecule has 1 unspecified atom stereocenters. The Hall–Kier alpha value is -2.06. The van der Waals surface area contributed by atoms with E-state index in [-0.39, 0.29) is 18.4 Å². The quantitative estimate of drug-likeness (QED) is 0.300. The van der Waals surface area contributed by atoms with Crippen LogP contribution in [-0.2, 0) is 19.2 Å². The van der Waals surface area contributed by atoms with Crippen LogP contribution < -0.4 is 0 Å². The fourth-order valence-electron chi connectivity index (χ4n) is 1.65. The summed E-state index contributed by atoms with van der Waals surface area (Å²) in [5, 5.41) is 2.12. The molecule has 6 nitrogen and oxygen atoms in total. The second-order valence-corrected chi connectivity index (χ2v) is 8.33. The Morgan fingerprint density at radius 1 is 1.30 bits per heavy atom. The first-order valence-electron chi connectivity index (χ1n) is 8.37. The van der Waals surface area contributed by atoms with Crippen molar-refractivity contribution in [2.45, 2.75) is 50.8 Å². The Balaban J connectivity index is 0.000000271. The van der Waals surface area contributed by atoms with Gasteiger partial charge < -0.3 is 4.84 Å². The van der Waals surface area contributed by atoms with Crippen LogP contribution in [0.3, 0.4) is 0 Å². The van der Waals surface area contributed by atoms with Gasteiger partial charge in [-0.3, -0.25) is 9.59 Å². The first kappa shape index (κ1) is 23.0. The van der Waals surface area contributed by atoms with Gasteiger partial charge in [0.05, 0.1) is 0 Å². The van der Waals surface area contributed by atoms with Gasteiger partial charge in [-0.1, -0.05) is 35.1 Å². The standard InChI is InChI=1S/C11H15NS2.C8H9NO4/c1-4-9(2)10(3)13-14-11-7-5-6-8-12-11;1-5(2)8(12)13-9-6(10)3-4-7(9)11/h4-8,10H,1-3H3;1,3-4H2,2H3/b9-4+;. The molecular formula is C19H24N2O4S2. The fraction of sp³-hybridized carbons (Fsp3) is 0.368. The molecule has 1 aromatic rings. The van der Waals surface area contributed by atoms with E-state index in [9.17, 15) is 14.4 Å². The van der Waals surface area contributed by atoms with Crippen molar-refractivity contribution in [3.63, 3.8) is 0 Å². The zero-order valence-electron chi connectivity index (χ0n) is 15.9. The van der Waals surface area contributed by atoms with Crippen LogP contribution in [0.2, 0.25) is 0 Å². The molecular weight excluding hydrogens is 384 g/mol. The van der Waals surface area contributed by atoms with Crippen LogP contribution in [0.1, 0.15) is 40.5 Å². The van der Waals surface area contributed by atoms with E-state index in [0.717, 1.165) is 5.03 Å². The largest absolute Gasteiger partial charge is 0.359 e. The number of aromatic nitrogens is 1. The van der Waals surface area contributed by atoms with Gasteiger partial charge in [0.15, 0.2) is 0 Å². The summed E-state index contributed by atoms with van der Waals surface area (Å²) in [6.07, 6.45) is 4.19. The highest BCUT2D eigenvalue weighted by Gasteiger charge is 2.32. The Kier molecular flexibility index (Phi) is 9.88. The number of pyridine rings is 1. The second kappa shape index (κ2) is 11.6. The lowest BCUT2D eigenvalue weighted by Crippen LogP contribution is -2.32. The molecule has 0 saturated carbocycles. The molecule has 2 rings (SSSR count). The van der Waals surface area contributed by atoms with Crippen LogP contribution >= 0.6 is 21.6 Å². The van der Waals surface area contributed by atoms with Gasteiger partial charge in [0.25, 0.3) is 11.8 Å². The third-order valence-electron chi connectivity index (χ3n) is 3.54. The predicted molar refractivity (Wildman–Crippen MR) is 109 cm³/mol. The molecule has 1 aliphatic rings. The van der Waals surface area contributed by atoms with E-state index in [1.165, 1.54) is 12.5 Å². The minimum absolute atomic E-state index is 0.0995. The lowest BCUT2D eigenvalue weighted by atomic mass is 10.2. The van der Waals surface area contributed by atoms with Gasteiger partial charge in [0.2, 0.25) is 0 Å². The van der Waals surface area contributed by atoms with Crippen LogP contribution in [0.15, 0.2) is 53.2 Å². The maximum Gasteiger partial charge on any atom is 0.359 e. The topological polar surface area (TPSA) is 76.6 Å². The number of amides is 2. The molecule has 0 aliphatic carbocycles. The number of hydroxylamine groups is 2. The maximum absolute atomic E-state index is 10.9. The smallest absolute Gasteiger partial charge is 0.325 e. The normalized spacial score (nSPS) is 15.1. The summed E-state index contributed by atoms with van der Waals surface area (Å²) in [6.45, 7) is 11.2. The summed E-state index contributed by atoms with van der Waals surface area (Å²) in [7, 11) is 3.58. The highest BCUT2D eigenvalue weighted by atomic mass is 33.1. The molecule has 0 aromatic carbocycles. The number of rotatable bonds is 6. The third-order valence-corrected chi connectivity index (χ3v) is 6.38. The van der Waals surface area contributed by atoms with Crippen LogP contribution in [0.5, 0.6) is 0 Å². The summed E-state index contributed by atoms with van der Waals surface area (Å²) in [5.41, 5.74) is 1.56. The summed E-state index contributed by atoms with van der Waals surface area (Å²) >= 11 is 0. The van der Waals surface area contributed by atoms with Crippen molar-refractivity contribution in [1.29, 1.82) is 0 Å². The van der Waals surface area contributed by atoms with E-state index in [1.807, 2.05) is 35.2 Å². The van der Waals surface area contributed by atoms with Crippen molar-refractivity contribution in [3.8, 4) is 0 Å². The van der Waals surface area contributed by atoms with E-state index in [1.54, 1.807) is 10.8 Å². The highest BCUT2D eigenvalue weighted by molar-refractivity contribution is 8.77. The van der Waals surface area contributed by atoms with Crippen molar-refractivity contribution < 1.29 is 19.2 Å². The first-order valence-corrected chi connectivity index (χ1v) is 10.6. The highest BCUT2D eigenvalue weighted by Crippen LogP contribution is 2.35. The number of carbonyl (C=O) groups excluding carboxylic acids is 3. The zero-order chi connectivity index (χ0) is 20.4. The SMILES string of the molecule is C/C=C(\C)C(C)SSc1ccccn1.C=C(C)C(=O)ON1C(=O)CCC1=O. The maximum atomic E-state index is 10.9. The van der Waals surface area contributed by atoms with Gasteiger partial charge in [0.1, 0.15) is 5.03 Å². The van der Waals surface area contributed by atoms with Crippen molar-refractivity contribution in [3.05, 3.63) is 48.2 Å². The van der Waals surface area contributed by atoms with Crippen molar-refractivity contribution in [2.75, 3.05) is 0 Å². The minimum atomic E-state index is -0.761. The molecule has 8 heteroatoms. The molecule has 0 radical (unpaired) electrons. The molecule has 27 heavy (non-hydrogen) atoms. The Morgan fingerprint density at radius 2 is 1.93 bits per heavy atom. The number of carbonyl (C=O) groups is 3. The van der Waals surface area contributed by atoms with Crippen molar-refractivity contribution in [1.82, 2.24) is 10.0 Å². The fourth-order valence-corrected chi connectivity index (χ4v) is 3.90. The number of hydrogen-bond acceptors (Lipinski definition) is 7. The van der Waals surface area contributed by atoms with Crippen LogP contribution in [0.25, 0.3) is 0 Å². The van der Waals surface area contributed by atoms with E-state index in [2.05, 4.69) is 43.2 Å². The summed E-state index contributed by atoms with van der Waals surface area (Å²) in [6, 6.07) is 5.99. The zero-order valence-corrected chi connectivity index (χ0v) is 17.6. The molecule has 2 amide bonds. The van der Waals surface area contributed by atoms with Crippen molar-refractivity contribution in [2.24, 2.45) is 0 Å². The summed E-state index contributed by atoms with van der Waals surface area (Å²) < 4.78 is 0. The van der Waals surface area contributed by atoms with Crippen LogP contribution in [0.4, 0.5) is 0 Å². The predicted octanol–water partition coefficient (Wildman–Crippen LogP) is 4.35. The number of hydrogen-bond donors (Lipinski definition) is 0. The second-order valence-electron chi connectivity index (χ2n) is 5.76. The van der Waals surface area contributed by atoms with E-state index < -0.39 is 17.8 Å². The lowest BCUT2D eigenvalue weighted by molar-refractivity contribution is -0.194. The summed E-state index contributed by atoms with van der Waals surface area (Å²) in [5.74, 6) is -1.73. The van der Waals surface area contributed by atoms with Crippen molar-refractivity contribution >= 4 is 39.4 Å². The molecule has 1 fully saturated rings. The van der Waals surface area contributed by atoms with Gasteiger partial charge >= 0.3 is 5.97 Å². The third kappa shape index (κ3) is 8.01. The summed E-state index contributed by atoms with van der Waals surface area (Å²) in [4.78, 5) is 41.6. The Labute approximate surface area is 167 Å². The Bertz CT molecular complexity index is 704. The molecule has 1 atom stereocenters. The minimum Gasteiger partial charge on any atom is -0.325 e. The van der Waals surface area contributed by atoms with Crippen LogP contribution in [-0.4, -0.2) is 33.1 Å². The van der Waals surface area contributed by atoms with E-state index in [0.29, 0.717) is 10.3 Å². The molecule has 1 aliphatic heterocycles. The number of allylic oxidation sites excluding steroid dienone is 1. The Morgan fingerprint density at radius 3 is 2.41 bits per heavy atom.